The molecule has 59 heavy (non-hydrogen) atoms. The molecule has 1 spiro atoms. The molecule has 0 aliphatic carbocycles. The zero-order valence-electron chi connectivity index (χ0n) is 34.4. The number of urea groups is 1. The van der Waals surface area contributed by atoms with Crippen LogP contribution in [0.15, 0.2) is 41.3 Å². The number of likely N-dealkylation sites (tertiary alicyclic amines) is 1. The maximum atomic E-state index is 13.5. The van der Waals surface area contributed by atoms with E-state index < -0.39 is 29.7 Å². The van der Waals surface area contributed by atoms with Gasteiger partial charge in [0.25, 0.3) is 17.4 Å². The molecule has 1 aromatic heterocycles. The van der Waals surface area contributed by atoms with Crippen LogP contribution in [0.2, 0.25) is 0 Å². The standard InChI is InChI=1S/C43H52N8O8/c1-46(2)22-33-35(58-4)19-26(20-36(33)59-5)31-23-47(3)39(54)32-24-49(16-11-28(31)32)42(57)44-14-6-15-48-17-12-43(25-48)13-18-50(43)27-7-8-29-30(21-27)41(56)51(40(29)55)34-9-10-37(52)45-38(34)53/h7-8,19-21,23,34H,6,9-18,22,24-25H2,1-5H3,(H,44,57)(H,45,52,53). The van der Waals surface area contributed by atoms with E-state index in [1.807, 2.05) is 38.5 Å². The van der Waals surface area contributed by atoms with Gasteiger partial charge in [0.15, 0.2) is 0 Å². The maximum Gasteiger partial charge on any atom is 0.317 e. The van der Waals surface area contributed by atoms with Gasteiger partial charge in [-0.3, -0.25) is 34.2 Å². The normalized spacial score (nSPS) is 21.5. The molecule has 3 aromatic rings. The summed E-state index contributed by atoms with van der Waals surface area (Å²) in [5, 5.41) is 5.33. The molecule has 0 saturated carbocycles. The molecule has 2 atom stereocenters. The molecular formula is C43H52N8O8. The molecule has 0 radical (unpaired) electrons. The third kappa shape index (κ3) is 7.22. The van der Waals surface area contributed by atoms with Crippen LogP contribution in [0, 0.1) is 0 Å². The lowest BCUT2D eigenvalue weighted by atomic mass is 9.83. The van der Waals surface area contributed by atoms with Gasteiger partial charge in [0.2, 0.25) is 11.8 Å². The van der Waals surface area contributed by atoms with Gasteiger partial charge in [-0.25, -0.2) is 4.79 Å². The Morgan fingerprint density at radius 1 is 0.915 bits per heavy atom. The third-order valence-corrected chi connectivity index (χ3v) is 12.7. The van der Waals surface area contributed by atoms with Crippen LogP contribution in [0.5, 0.6) is 11.5 Å². The topological polar surface area (TPSA) is 166 Å². The molecule has 6 amide bonds. The molecule has 8 rings (SSSR count). The highest BCUT2D eigenvalue weighted by molar-refractivity contribution is 6.23. The minimum atomic E-state index is -0.996. The van der Waals surface area contributed by atoms with E-state index in [0.717, 1.165) is 78.3 Å². The zero-order chi connectivity index (χ0) is 41.7. The van der Waals surface area contributed by atoms with Gasteiger partial charge in [0.05, 0.1) is 43.0 Å². The second-order valence-electron chi connectivity index (χ2n) is 16.6. The second-order valence-corrected chi connectivity index (χ2v) is 16.6. The van der Waals surface area contributed by atoms with E-state index in [0.29, 0.717) is 43.1 Å². The average molecular weight is 809 g/mol. The predicted molar refractivity (Wildman–Crippen MR) is 219 cm³/mol. The molecule has 3 saturated heterocycles. The van der Waals surface area contributed by atoms with Crippen LogP contribution in [-0.2, 0) is 36.1 Å². The van der Waals surface area contributed by atoms with Crippen molar-refractivity contribution in [2.24, 2.45) is 7.05 Å². The van der Waals surface area contributed by atoms with E-state index >= 15 is 0 Å². The summed E-state index contributed by atoms with van der Waals surface area (Å²) in [6.07, 6.45) is 5.31. The highest BCUT2D eigenvalue weighted by Crippen LogP contribution is 2.44. The van der Waals surface area contributed by atoms with Crippen molar-refractivity contribution in [1.82, 2.24) is 34.8 Å². The SMILES string of the molecule is COc1cc(-c2cn(C)c(=O)c3c2CCN(C(=O)NCCCN2CCC4(CCN4c4ccc5c(c4)C(=O)N(C4CCC(=O)NC4=O)C5=O)C2)C3)cc(OC)c1CN(C)C. The fourth-order valence-electron chi connectivity index (χ4n) is 9.57. The number of piperidine rings is 1. The van der Waals surface area contributed by atoms with Crippen LogP contribution < -0.4 is 30.6 Å². The van der Waals surface area contributed by atoms with Gasteiger partial charge in [-0.05, 0) is 94.2 Å². The summed E-state index contributed by atoms with van der Waals surface area (Å²) in [5.41, 5.74) is 5.52. The van der Waals surface area contributed by atoms with Crippen molar-refractivity contribution >= 4 is 35.3 Å². The summed E-state index contributed by atoms with van der Waals surface area (Å²) in [7, 11) is 9.00. The lowest BCUT2D eigenvalue weighted by Gasteiger charge is -2.52. The molecule has 16 nitrogen and oxygen atoms in total. The van der Waals surface area contributed by atoms with Crippen LogP contribution in [0.3, 0.4) is 0 Å². The van der Waals surface area contributed by atoms with Crippen molar-refractivity contribution in [3.05, 3.63) is 74.7 Å². The molecule has 0 bridgehead atoms. The van der Waals surface area contributed by atoms with Crippen LogP contribution in [0.1, 0.15) is 69.5 Å². The summed E-state index contributed by atoms with van der Waals surface area (Å²) in [6.45, 7) is 5.22. The predicted octanol–water partition coefficient (Wildman–Crippen LogP) is 2.34. The average Bonchev–Trinajstić information content (AvgIpc) is 3.77. The van der Waals surface area contributed by atoms with Gasteiger partial charge < -0.3 is 39.0 Å². The van der Waals surface area contributed by atoms with Gasteiger partial charge >= 0.3 is 6.03 Å². The maximum absolute atomic E-state index is 13.5. The molecule has 2 N–H and O–H groups in total. The van der Waals surface area contributed by atoms with Gasteiger partial charge in [-0.1, -0.05) is 0 Å². The van der Waals surface area contributed by atoms with Crippen LogP contribution in [0.4, 0.5) is 10.5 Å². The van der Waals surface area contributed by atoms with Crippen LogP contribution in [0.25, 0.3) is 11.1 Å². The van der Waals surface area contributed by atoms with Crippen molar-refractivity contribution in [2.45, 2.75) is 63.2 Å². The van der Waals surface area contributed by atoms with Gasteiger partial charge in [-0.15, -0.1) is 0 Å². The van der Waals surface area contributed by atoms with Crippen molar-refractivity contribution in [1.29, 1.82) is 0 Å². The lowest BCUT2D eigenvalue weighted by molar-refractivity contribution is -0.136. The fraction of sp³-hybridized carbons (Fsp3) is 0.488. The zero-order valence-corrected chi connectivity index (χ0v) is 34.4. The smallest absolute Gasteiger partial charge is 0.317 e. The number of anilines is 1. The Balaban J connectivity index is 0.861. The van der Waals surface area contributed by atoms with Gasteiger partial charge in [0, 0.05) is 75.7 Å². The van der Waals surface area contributed by atoms with E-state index in [2.05, 4.69) is 25.3 Å². The number of imide groups is 2. The van der Waals surface area contributed by atoms with Crippen molar-refractivity contribution in [3.63, 3.8) is 0 Å². The summed E-state index contributed by atoms with van der Waals surface area (Å²) >= 11 is 0. The minimum absolute atomic E-state index is 0.0761. The molecule has 312 valence electrons. The molecule has 3 fully saturated rings. The Labute approximate surface area is 343 Å². The number of amides is 6. The Bertz CT molecular complexity index is 2280. The first-order valence-corrected chi connectivity index (χ1v) is 20.3. The Morgan fingerprint density at radius 2 is 1.64 bits per heavy atom. The number of aromatic nitrogens is 1. The van der Waals surface area contributed by atoms with Crippen molar-refractivity contribution in [2.75, 3.05) is 72.5 Å². The molecule has 5 aliphatic heterocycles. The van der Waals surface area contributed by atoms with E-state index in [1.165, 1.54) is 0 Å². The number of methoxy groups -OCH3 is 2. The molecule has 2 aromatic carbocycles. The molecular weight excluding hydrogens is 757 g/mol. The number of fused-ring (bicyclic) bond motifs is 2. The van der Waals surface area contributed by atoms with E-state index in [1.54, 1.807) is 42.9 Å². The Hall–Kier alpha value is -5.74. The summed E-state index contributed by atoms with van der Waals surface area (Å²) < 4.78 is 13.1. The monoisotopic (exact) mass is 808 g/mol. The number of rotatable bonds is 11. The van der Waals surface area contributed by atoms with Crippen LogP contribution >= 0.6 is 0 Å². The quantitative estimate of drug-likeness (QED) is 0.216. The Kier molecular flexibility index (Phi) is 10.7. The molecule has 5 aliphatic rings. The highest BCUT2D eigenvalue weighted by Gasteiger charge is 2.50. The van der Waals surface area contributed by atoms with Crippen molar-refractivity contribution in [3.8, 4) is 22.6 Å². The number of nitrogens with one attached hydrogen (secondary N) is 2. The summed E-state index contributed by atoms with van der Waals surface area (Å²) in [4.78, 5) is 87.2. The molecule has 6 heterocycles. The van der Waals surface area contributed by atoms with Gasteiger partial charge in [-0.2, -0.15) is 0 Å². The number of hydrogen-bond acceptors (Lipinski definition) is 11. The number of carbonyl (C=O) groups is 5. The largest absolute Gasteiger partial charge is 0.496 e. The summed E-state index contributed by atoms with van der Waals surface area (Å²) in [5.74, 6) is -0.623. The van der Waals surface area contributed by atoms with E-state index in [-0.39, 0.29) is 47.6 Å². The molecule has 16 heteroatoms. The van der Waals surface area contributed by atoms with Crippen LogP contribution in [-0.4, -0.2) is 133 Å². The molecule has 2 unspecified atom stereocenters. The van der Waals surface area contributed by atoms with Gasteiger partial charge in [0.1, 0.15) is 17.5 Å². The van der Waals surface area contributed by atoms with E-state index in [4.69, 9.17) is 9.47 Å². The fourth-order valence-corrected chi connectivity index (χ4v) is 9.57. The Morgan fingerprint density at radius 3 is 2.32 bits per heavy atom. The minimum Gasteiger partial charge on any atom is -0.496 e. The highest BCUT2D eigenvalue weighted by atomic mass is 16.5. The first kappa shape index (κ1) is 40.1. The number of pyridine rings is 1. The number of benzene rings is 2. The second kappa shape index (κ2) is 15.8. The lowest BCUT2D eigenvalue weighted by Crippen LogP contribution is -2.61. The first-order chi connectivity index (χ1) is 28.3. The third-order valence-electron chi connectivity index (χ3n) is 12.7. The number of hydrogen-bond donors (Lipinski definition) is 2. The number of carbonyl (C=O) groups excluding carboxylic acids is 5. The number of aryl methyl sites for hydroxylation is 1. The van der Waals surface area contributed by atoms with E-state index in [9.17, 15) is 28.8 Å². The summed E-state index contributed by atoms with van der Waals surface area (Å²) in [6, 6.07) is 8.12. The van der Waals surface area contributed by atoms with Crippen molar-refractivity contribution < 1.29 is 33.4 Å². The first-order valence-electron chi connectivity index (χ1n) is 20.3. The number of ether oxygens (including phenoxy) is 2. The number of nitrogens with zero attached hydrogens (tertiary/aromatic N) is 6.